The van der Waals surface area contributed by atoms with E-state index in [9.17, 15) is 9.18 Å². The third-order valence-electron chi connectivity index (χ3n) is 3.90. The average Bonchev–Trinajstić information content (AvgIpc) is 2.57. The lowest BCUT2D eigenvalue weighted by Gasteiger charge is -2.14. The molecule has 0 saturated carbocycles. The molecule has 3 nitrogen and oxygen atoms in total. The molecule has 128 valence electrons. The fourth-order valence-corrected chi connectivity index (χ4v) is 2.56. The van der Waals surface area contributed by atoms with Crippen LogP contribution in [-0.4, -0.2) is 19.0 Å². The van der Waals surface area contributed by atoms with Crippen LogP contribution in [-0.2, 0) is 11.2 Å². The number of rotatable bonds is 8. The van der Waals surface area contributed by atoms with Crippen LogP contribution < -0.4 is 10.6 Å². The number of benzene rings is 2. The van der Waals surface area contributed by atoms with Gasteiger partial charge in [-0.05, 0) is 41.7 Å². The third-order valence-corrected chi connectivity index (χ3v) is 3.90. The number of carbonyl (C=O) groups excluding carboxylic acids is 1. The van der Waals surface area contributed by atoms with Gasteiger partial charge in [0.2, 0.25) is 5.91 Å². The molecule has 0 saturated heterocycles. The number of nitrogens with one attached hydrogen (secondary N) is 2. The molecule has 0 aliphatic rings. The SMILES string of the molecule is CC(C)c1ccccc1NCCC(=O)NCCc1ccc(F)cc1. The van der Waals surface area contributed by atoms with Crippen LogP contribution in [0.25, 0.3) is 0 Å². The fraction of sp³-hybridized carbons (Fsp3) is 0.350. The van der Waals surface area contributed by atoms with Crippen molar-refractivity contribution in [2.24, 2.45) is 0 Å². The molecular weight excluding hydrogens is 303 g/mol. The first-order valence-corrected chi connectivity index (χ1v) is 8.40. The molecule has 2 N–H and O–H groups in total. The Bertz CT molecular complexity index is 653. The number of amides is 1. The van der Waals surface area contributed by atoms with Crippen LogP contribution in [0, 0.1) is 5.82 Å². The minimum atomic E-state index is -0.240. The highest BCUT2D eigenvalue weighted by atomic mass is 19.1. The van der Waals surface area contributed by atoms with Crippen molar-refractivity contribution in [2.45, 2.75) is 32.6 Å². The molecule has 4 heteroatoms. The zero-order valence-electron chi connectivity index (χ0n) is 14.3. The van der Waals surface area contributed by atoms with Gasteiger partial charge in [0, 0.05) is 25.2 Å². The van der Waals surface area contributed by atoms with Crippen LogP contribution in [0.5, 0.6) is 0 Å². The van der Waals surface area contributed by atoms with Gasteiger partial charge >= 0.3 is 0 Å². The summed E-state index contributed by atoms with van der Waals surface area (Å²) in [5, 5.41) is 6.23. The van der Waals surface area contributed by atoms with Gasteiger partial charge in [0.05, 0.1) is 0 Å². The number of hydrogen-bond acceptors (Lipinski definition) is 2. The Morgan fingerprint density at radius 1 is 1.04 bits per heavy atom. The number of carbonyl (C=O) groups is 1. The number of halogens is 1. The second-order valence-corrected chi connectivity index (χ2v) is 6.15. The van der Waals surface area contributed by atoms with Crippen molar-refractivity contribution in [3.05, 3.63) is 65.5 Å². The van der Waals surface area contributed by atoms with Crippen LogP contribution in [0.4, 0.5) is 10.1 Å². The third kappa shape index (κ3) is 5.69. The smallest absolute Gasteiger partial charge is 0.221 e. The molecule has 2 rings (SSSR count). The van der Waals surface area contributed by atoms with Crippen molar-refractivity contribution >= 4 is 11.6 Å². The summed E-state index contributed by atoms with van der Waals surface area (Å²) < 4.78 is 12.8. The Morgan fingerprint density at radius 3 is 2.46 bits per heavy atom. The summed E-state index contributed by atoms with van der Waals surface area (Å²) in [7, 11) is 0. The van der Waals surface area contributed by atoms with Crippen molar-refractivity contribution in [3.63, 3.8) is 0 Å². The Kier molecular flexibility index (Phi) is 6.79. The number of hydrogen-bond donors (Lipinski definition) is 2. The Balaban J connectivity index is 1.69. The van der Waals surface area contributed by atoms with Crippen molar-refractivity contribution < 1.29 is 9.18 Å². The van der Waals surface area contributed by atoms with Gasteiger partial charge in [0.25, 0.3) is 0 Å². The number of para-hydroxylation sites is 1. The van der Waals surface area contributed by atoms with Crippen LogP contribution in [0.15, 0.2) is 48.5 Å². The van der Waals surface area contributed by atoms with Crippen LogP contribution >= 0.6 is 0 Å². The molecule has 0 heterocycles. The van der Waals surface area contributed by atoms with Gasteiger partial charge in [-0.15, -0.1) is 0 Å². The largest absolute Gasteiger partial charge is 0.384 e. The standard InChI is InChI=1S/C20H25FN2O/c1-15(2)18-5-3-4-6-19(18)22-14-12-20(24)23-13-11-16-7-9-17(21)10-8-16/h3-10,15,22H,11-14H2,1-2H3,(H,23,24). The normalized spacial score (nSPS) is 10.7. The summed E-state index contributed by atoms with van der Waals surface area (Å²) >= 11 is 0. The molecule has 0 radical (unpaired) electrons. The zero-order chi connectivity index (χ0) is 17.4. The van der Waals surface area contributed by atoms with Gasteiger partial charge < -0.3 is 10.6 Å². The van der Waals surface area contributed by atoms with Crippen LogP contribution in [0.3, 0.4) is 0 Å². The van der Waals surface area contributed by atoms with Crippen LogP contribution in [0.2, 0.25) is 0 Å². The van der Waals surface area contributed by atoms with E-state index >= 15 is 0 Å². The maximum absolute atomic E-state index is 12.8. The molecule has 24 heavy (non-hydrogen) atoms. The topological polar surface area (TPSA) is 41.1 Å². The van der Waals surface area contributed by atoms with E-state index < -0.39 is 0 Å². The maximum Gasteiger partial charge on any atom is 0.221 e. The first-order chi connectivity index (χ1) is 11.6. The van der Waals surface area contributed by atoms with E-state index in [-0.39, 0.29) is 11.7 Å². The predicted molar refractivity (Wildman–Crippen MR) is 96.8 cm³/mol. The lowest BCUT2D eigenvalue weighted by atomic mass is 10.0. The highest BCUT2D eigenvalue weighted by Crippen LogP contribution is 2.23. The molecule has 0 atom stereocenters. The van der Waals surface area contributed by atoms with Gasteiger partial charge in [-0.3, -0.25) is 4.79 Å². The summed E-state index contributed by atoms with van der Waals surface area (Å²) in [5.41, 5.74) is 3.36. The monoisotopic (exact) mass is 328 g/mol. The highest BCUT2D eigenvalue weighted by molar-refractivity contribution is 5.76. The van der Waals surface area contributed by atoms with E-state index in [0.29, 0.717) is 31.8 Å². The average molecular weight is 328 g/mol. The molecule has 2 aromatic rings. The van der Waals surface area contributed by atoms with E-state index in [1.54, 1.807) is 12.1 Å². The molecule has 2 aromatic carbocycles. The van der Waals surface area contributed by atoms with Crippen molar-refractivity contribution in [2.75, 3.05) is 18.4 Å². The second kappa shape index (κ2) is 9.06. The van der Waals surface area contributed by atoms with Crippen molar-refractivity contribution in [3.8, 4) is 0 Å². The molecule has 0 spiro atoms. The van der Waals surface area contributed by atoms with Crippen molar-refractivity contribution in [1.29, 1.82) is 0 Å². The van der Waals surface area contributed by atoms with Crippen LogP contribution in [0.1, 0.15) is 37.3 Å². The van der Waals surface area contributed by atoms with E-state index in [4.69, 9.17) is 0 Å². The summed E-state index contributed by atoms with van der Waals surface area (Å²) in [5.74, 6) is 0.223. The van der Waals surface area contributed by atoms with Crippen molar-refractivity contribution in [1.82, 2.24) is 5.32 Å². The first kappa shape index (κ1) is 18.0. The quantitative estimate of drug-likeness (QED) is 0.765. The van der Waals surface area contributed by atoms with E-state index in [1.165, 1.54) is 17.7 Å². The Labute approximate surface area is 143 Å². The summed E-state index contributed by atoms with van der Waals surface area (Å²) in [6.45, 7) is 5.48. The van der Waals surface area contributed by atoms with Gasteiger partial charge in [0.15, 0.2) is 0 Å². The zero-order valence-corrected chi connectivity index (χ0v) is 14.3. The van der Waals surface area contributed by atoms with E-state index in [0.717, 1.165) is 11.3 Å². The molecule has 0 fully saturated rings. The second-order valence-electron chi connectivity index (χ2n) is 6.15. The van der Waals surface area contributed by atoms with E-state index in [1.807, 2.05) is 18.2 Å². The molecule has 0 unspecified atom stereocenters. The Hall–Kier alpha value is -2.36. The molecular formula is C20H25FN2O. The van der Waals surface area contributed by atoms with Gasteiger partial charge in [-0.2, -0.15) is 0 Å². The molecule has 0 aliphatic heterocycles. The van der Waals surface area contributed by atoms with Gasteiger partial charge in [-0.1, -0.05) is 44.2 Å². The lowest BCUT2D eigenvalue weighted by Crippen LogP contribution is -2.27. The molecule has 1 amide bonds. The maximum atomic E-state index is 12.8. The molecule has 0 aromatic heterocycles. The summed E-state index contributed by atoms with van der Waals surface area (Å²) in [4.78, 5) is 11.9. The molecule has 0 bridgehead atoms. The minimum Gasteiger partial charge on any atom is -0.384 e. The first-order valence-electron chi connectivity index (χ1n) is 8.40. The van der Waals surface area contributed by atoms with Gasteiger partial charge in [0.1, 0.15) is 5.82 Å². The van der Waals surface area contributed by atoms with E-state index in [2.05, 4.69) is 30.5 Å². The summed E-state index contributed by atoms with van der Waals surface area (Å²) in [6, 6.07) is 14.5. The Morgan fingerprint density at radius 2 is 1.75 bits per heavy atom. The molecule has 0 aliphatic carbocycles. The highest BCUT2D eigenvalue weighted by Gasteiger charge is 2.06. The fourth-order valence-electron chi connectivity index (χ4n) is 2.56. The van der Waals surface area contributed by atoms with Gasteiger partial charge in [-0.25, -0.2) is 4.39 Å². The summed E-state index contributed by atoms with van der Waals surface area (Å²) in [6.07, 6.45) is 1.13. The lowest BCUT2D eigenvalue weighted by molar-refractivity contribution is -0.120. The minimum absolute atomic E-state index is 0.0200. The number of anilines is 1. The predicted octanol–water partition coefficient (Wildman–Crippen LogP) is 4.11.